The average molecular weight is 456 g/mol. The van der Waals surface area contributed by atoms with Gasteiger partial charge in [0.2, 0.25) is 5.13 Å². The van der Waals surface area contributed by atoms with E-state index in [1.807, 2.05) is 36.4 Å². The second kappa shape index (κ2) is 8.72. The van der Waals surface area contributed by atoms with Crippen LogP contribution in [0.5, 0.6) is 5.75 Å². The number of amides is 1. The van der Waals surface area contributed by atoms with E-state index in [2.05, 4.69) is 20.6 Å². The summed E-state index contributed by atoms with van der Waals surface area (Å²) in [5, 5.41) is 18.7. The van der Waals surface area contributed by atoms with Crippen molar-refractivity contribution in [1.82, 2.24) is 15.2 Å². The Balaban J connectivity index is 1.30. The fraction of sp³-hybridized carbons (Fsp3) is 0.333. The molecule has 1 N–H and O–H groups in total. The maximum Gasteiger partial charge on any atom is 0.253 e. The van der Waals surface area contributed by atoms with Crippen LogP contribution in [0, 0.1) is 0 Å². The zero-order valence-corrected chi connectivity index (χ0v) is 18.5. The molecule has 10 heteroatoms. The van der Waals surface area contributed by atoms with Crippen LogP contribution in [0.1, 0.15) is 36.6 Å². The summed E-state index contributed by atoms with van der Waals surface area (Å²) < 4.78 is 11.6. The number of nitrogens with zero attached hydrogens (tertiary/aromatic N) is 4. The number of hydrazone groups is 1. The lowest BCUT2D eigenvalue weighted by molar-refractivity contribution is -0.130. The Bertz CT molecular complexity index is 1080. The van der Waals surface area contributed by atoms with Gasteiger partial charge in [-0.2, -0.15) is 5.10 Å². The van der Waals surface area contributed by atoms with Crippen molar-refractivity contribution in [3.63, 3.8) is 0 Å². The van der Waals surface area contributed by atoms with Crippen LogP contribution in [-0.4, -0.2) is 45.7 Å². The fourth-order valence-corrected chi connectivity index (χ4v) is 5.00. The van der Waals surface area contributed by atoms with Gasteiger partial charge in [0.1, 0.15) is 17.6 Å². The van der Waals surface area contributed by atoms with Crippen LogP contribution in [0.2, 0.25) is 0 Å². The van der Waals surface area contributed by atoms with Crippen molar-refractivity contribution in [3.8, 4) is 5.75 Å². The summed E-state index contributed by atoms with van der Waals surface area (Å²) in [5.74, 6) is 1.63. The first-order chi connectivity index (χ1) is 15.2. The molecule has 5 rings (SSSR count). The molecule has 0 spiro atoms. The lowest BCUT2D eigenvalue weighted by Crippen LogP contribution is -2.28. The molecule has 1 saturated carbocycles. The van der Waals surface area contributed by atoms with E-state index < -0.39 is 0 Å². The topological polar surface area (TPSA) is 92.9 Å². The highest BCUT2D eigenvalue weighted by atomic mass is 32.2. The highest BCUT2D eigenvalue weighted by Gasteiger charge is 2.35. The molecule has 0 unspecified atom stereocenters. The summed E-state index contributed by atoms with van der Waals surface area (Å²) in [7, 11) is 1.63. The highest BCUT2D eigenvalue weighted by Crippen LogP contribution is 2.35. The van der Waals surface area contributed by atoms with Crippen molar-refractivity contribution >= 4 is 39.8 Å². The van der Waals surface area contributed by atoms with Gasteiger partial charge >= 0.3 is 0 Å². The van der Waals surface area contributed by atoms with E-state index in [-0.39, 0.29) is 17.7 Å². The number of carbonyl (C=O) groups excluding carboxylic acids is 1. The Kier molecular flexibility index (Phi) is 5.65. The van der Waals surface area contributed by atoms with Crippen LogP contribution < -0.4 is 10.1 Å². The van der Waals surface area contributed by atoms with Gasteiger partial charge in [-0.1, -0.05) is 23.1 Å². The van der Waals surface area contributed by atoms with Crippen molar-refractivity contribution in [2.45, 2.75) is 35.7 Å². The first kappa shape index (κ1) is 20.1. The van der Waals surface area contributed by atoms with Gasteiger partial charge in [0.25, 0.3) is 5.91 Å². The molecule has 31 heavy (non-hydrogen) atoms. The van der Waals surface area contributed by atoms with Crippen molar-refractivity contribution in [1.29, 1.82) is 0 Å². The number of carbonyl (C=O) groups is 1. The lowest BCUT2D eigenvalue weighted by Gasteiger charge is -2.19. The molecule has 1 aliphatic carbocycles. The Hall–Kier alpha value is -2.85. The molecule has 1 fully saturated rings. The van der Waals surface area contributed by atoms with Crippen LogP contribution in [0.25, 0.3) is 0 Å². The molecular formula is C21H21N5O3S2. The van der Waals surface area contributed by atoms with Crippen LogP contribution in [0.15, 0.2) is 56.5 Å². The predicted molar refractivity (Wildman–Crippen MR) is 120 cm³/mol. The number of nitrogens with one attached hydrogen (secondary N) is 1. The van der Waals surface area contributed by atoms with Crippen molar-refractivity contribution in [3.05, 3.63) is 54.0 Å². The third-order valence-corrected chi connectivity index (χ3v) is 7.06. The minimum atomic E-state index is -0.262. The number of anilines is 1. The van der Waals surface area contributed by atoms with Crippen LogP contribution >= 0.6 is 23.1 Å². The number of hydrogen-bond acceptors (Lipinski definition) is 9. The van der Waals surface area contributed by atoms with E-state index in [0.29, 0.717) is 12.5 Å². The number of rotatable bonds is 8. The van der Waals surface area contributed by atoms with Gasteiger partial charge in [-0.05, 0) is 54.8 Å². The molecule has 8 nitrogen and oxygen atoms in total. The molecule has 0 radical (unpaired) electrons. The van der Waals surface area contributed by atoms with E-state index in [4.69, 9.17) is 9.15 Å². The van der Waals surface area contributed by atoms with E-state index in [1.165, 1.54) is 40.9 Å². The minimum Gasteiger partial charge on any atom is -0.497 e. The third kappa shape index (κ3) is 4.59. The summed E-state index contributed by atoms with van der Waals surface area (Å²) in [5.41, 5.74) is 1.80. The zero-order valence-electron chi connectivity index (χ0n) is 16.9. The molecule has 0 saturated heterocycles. The monoisotopic (exact) mass is 455 g/mol. The number of aromatic nitrogens is 2. The Morgan fingerprint density at radius 1 is 1.29 bits per heavy atom. The maximum atomic E-state index is 13.1. The Morgan fingerprint density at radius 3 is 2.84 bits per heavy atom. The quantitative estimate of drug-likeness (QED) is 0.509. The molecule has 1 atom stereocenters. The summed E-state index contributed by atoms with van der Waals surface area (Å²) in [6.45, 7) is 0. The summed E-state index contributed by atoms with van der Waals surface area (Å²) >= 11 is 2.86. The van der Waals surface area contributed by atoms with E-state index >= 15 is 0 Å². The zero-order chi connectivity index (χ0) is 21.2. The third-order valence-electron chi connectivity index (χ3n) is 5.09. The van der Waals surface area contributed by atoms with E-state index in [1.54, 1.807) is 13.4 Å². The molecule has 3 heterocycles. The smallest absolute Gasteiger partial charge is 0.253 e. The van der Waals surface area contributed by atoms with Gasteiger partial charge in [0.05, 0.1) is 24.8 Å². The fourth-order valence-electron chi connectivity index (χ4n) is 3.32. The van der Waals surface area contributed by atoms with Gasteiger partial charge < -0.3 is 14.5 Å². The summed E-state index contributed by atoms with van der Waals surface area (Å²) in [4.78, 5) is 13.1. The summed E-state index contributed by atoms with van der Waals surface area (Å²) in [6, 6.07) is 11.7. The molecule has 0 bridgehead atoms. The second-order valence-corrected chi connectivity index (χ2v) is 9.53. The minimum absolute atomic E-state index is 0.0955. The van der Waals surface area contributed by atoms with Crippen LogP contribution in [0.4, 0.5) is 5.13 Å². The number of hydrogen-bond donors (Lipinski definition) is 1. The molecule has 1 aromatic carbocycles. The van der Waals surface area contributed by atoms with E-state index in [0.717, 1.165) is 32.3 Å². The number of furan rings is 1. The number of methoxy groups -OCH3 is 1. The molecular weight excluding hydrogens is 434 g/mol. The molecule has 2 aromatic heterocycles. The Morgan fingerprint density at radius 2 is 2.13 bits per heavy atom. The predicted octanol–water partition coefficient (Wildman–Crippen LogP) is 4.18. The van der Waals surface area contributed by atoms with E-state index in [9.17, 15) is 4.79 Å². The normalized spacial score (nSPS) is 18.2. The van der Waals surface area contributed by atoms with Crippen molar-refractivity contribution in [2.24, 2.45) is 5.10 Å². The molecule has 1 amide bonds. The van der Waals surface area contributed by atoms with Crippen molar-refractivity contribution < 1.29 is 13.9 Å². The molecule has 3 aromatic rings. The number of ether oxygens (including phenoxy) is 1. The van der Waals surface area contributed by atoms with Crippen molar-refractivity contribution in [2.75, 3.05) is 18.2 Å². The van der Waals surface area contributed by atoms with Crippen LogP contribution in [0.3, 0.4) is 0 Å². The lowest BCUT2D eigenvalue weighted by atomic mass is 10.0. The first-order valence-electron chi connectivity index (χ1n) is 10.00. The van der Waals surface area contributed by atoms with Gasteiger partial charge in [-0.3, -0.25) is 4.79 Å². The van der Waals surface area contributed by atoms with Gasteiger partial charge in [0, 0.05) is 12.5 Å². The largest absolute Gasteiger partial charge is 0.497 e. The molecule has 1 aliphatic heterocycles. The Labute approximate surface area is 187 Å². The molecule has 160 valence electrons. The van der Waals surface area contributed by atoms with Crippen LogP contribution in [-0.2, 0) is 4.79 Å². The average Bonchev–Trinajstić information content (AvgIpc) is 3.20. The second-order valence-electron chi connectivity index (χ2n) is 7.33. The number of thioether (sulfide) groups is 1. The number of benzene rings is 1. The standard InChI is InChI=1S/C21H21N5O3S2/c1-28-15-8-4-13(5-9-15)16-11-17(18-3-2-10-29-18)26(25-16)19(27)12-30-21-24-23-20(31-21)22-14-6-7-14/h2-5,8-10,14,17H,6-7,11-12H2,1H3,(H,22,23)/t17-/m1/s1. The maximum absolute atomic E-state index is 13.1. The molecule has 2 aliphatic rings. The van der Waals surface area contributed by atoms with Gasteiger partial charge in [-0.15, -0.1) is 10.2 Å². The van der Waals surface area contributed by atoms with Gasteiger partial charge in [-0.25, -0.2) is 5.01 Å². The SMILES string of the molecule is COc1ccc(C2=NN(C(=O)CSc3nnc(NC4CC4)s3)[C@@H](c3ccco3)C2)cc1. The summed E-state index contributed by atoms with van der Waals surface area (Å²) in [6.07, 6.45) is 4.56. The first-order valence-corrected chi connectivity index (χ1v) is 11.8. The highest BCUT2D eigenvalue weighted by molar-refractivity contribution is 8.01. The van der Waals surface area contributed by atoms with Gasteiger partial charge in [0.15, 0.2) is 4.34 Å².